The molecule has 89 valence electrons. The van der Waals surface area contributed by atoms with Crippen molar-refractivity contribution in [3.63, 3.8) is 0 Å². The van der Waals surface area contributed by atoms with Gasteiger partial charge in [0.2, 0.25) is 0 Å². The summed E-state index contributed by atoms with van der Waals surface area (Å²) >= 11 is 0. The first-order valence-electron chi connectivity index (χ1n) is 6.22. The normalized spacial score (nSPS) is 12.9. The lowest BCUT2D eigenvalue weighted by atomic mass is 9.75. The highest BCUT2D eigenvalue weighted by atomic mass is 14.3. The Hall–Kier alpha value is -0.780. The molecule has 0 heterocycles. The first-order chi connectivity index (χ1) is 7.18. The Morgan fingerprint density at radius 2 is 1.25 bits per heavy atom. The molecular weight excluding hydrogens is 192 g/mol. The zero-order chi connectivity index (χ0) is 12.6. The average Bonchev–Trinajstić information content (AvgIpc) is 2.13. The van der Waals surface area contributed by atoms with Gasteiger partial charge in [0, 0.05) is 0 Å². The summed E-state index contributed by atoms with van der Waals surface area (Å²) < 4.78 is 0. The van der Waals surface area contributed by atoms with Gasteiger partial charge in [0.25, 0.3) is 0 Å². The van der Waals surface area contributed by atoms with Gasteiger partial charge in [0.05, 0.1) is 0 Å². The van der Waals surface area contributed by atoms with Crippen molar-refractivity contribution < 1.29 is 0 Å². The molecule has 0 nitrogen and oxygen atoms in total. The number of hydrogen-bond acceptors (Lipinski definition) is 0. The van der Waals surface area contributed by atoms with E-state index in [2.05, 4.69) is 66.7 Å². The van der Waals surface area contributed by atoms with Gasteiger partial charge in [-0.3, -0.25) is 0 Å². The van der Waals surface area contributed by atoms with E-state index in [1.54, 1.807) is 0 Å². The fraction of sp³-hybridized carbons (Fsp3) is 0.625. The molecule has 0 aliphatic carbocycles. The molecule has 0 bridgehead atoms. The van der Waals surface area contributed by atoms with Crippen LogP contribution in [0.2, 0.25) is 0 Å². The SMILES string of the molecule is CCc1c(C(C)(C)C)c[c]cc1C(C)(C)C. The summed E-state index contributed by atoms with van der Waals surface area (Å²) in [6, 6.07) is 7.64. The van der Waals surface area contributed by atoms with Crippen LogP contribution in [0, 0.1) is 6.07 Å². The Morgan fingerprint density at radius 3 is 1.50 bits per heavy atom. The van der Waals surface area contributed by atoms with Crippen LogP contribution in [0.3, 0.4) is 0 Å². The molecule has 0 aliphatic heterocycles. The van der Waals surface area contributed by atoms with E-state index in [9.17, 15) is 0 Å². The first-order valence-corrected chi connectivity index (χ1v) is 6.22. The Bertz CT molecular complexity index is 326. The van der Waals surface area contributed by atoms with Gasteiger partial charge >= 0.3 is 0 Å². The lowest BCUT2D eigenvalue weighted by Gasteiger charge is -2.29. The zero-order valence-electron chi connectivity index (χ0n) is 11.9. The van der Waals surface area contributed by atoms with Gasteiger partial charge in [-0.25, -0.2) is 0 Å². The van der Waals surface area contributed by atoms with E-state index in [4.69, 9.17) is 0 Å². The van der Waals surface area contributed by atoms with Gasteiger partial charge in [-0.15, -0.1) is 0 Å². The Morgan fingerprint density at radius 1 is 0.875 bits per heavy atom. The van der Waals surface area contributed by atoms with E-state index >= 15 is 0 Å². The van der Waals surface area contributed by atoms with Crippen molar-refractivity contribution in [3.8, 4) is 0 Å². The van der Waals surface area contributed by atoms with Crippen LogP contribution in [0.4, 0.5) is 0 Å². The Labute approximate surface area is 101 Å². The Balaban J connectivity index is 3.45. The monoisotopic (exact) mass is 217 g/mol. The smallest absolute Gasteiger partial charge is 0.0129 e. The molecule has 0 heteroatoms. The highest BCUT2D eigenvalue weighted by Gasteiger charge is 2.23. The van der Waals surface area contributed by atoms with Crippen LogP contribution >= 0.6 is 0 Å². The summed E-state index contributed by atoms with van der Waals surface area (Å²) in [6.07, 6.45) is 1.11. The minimum absolute atomic E-state index is 0.211. The lowest BCUT2D eigenvalue weighted by molar-refractivity contribution is 0.556. The third-order valence-electron chi connectivity index (χ3n) is 3.08. The molecule has 0 aliphatic rings. The topological polar surface area (TPSA) is 0 Å². The van der Waals surface area contributed by atoms with Crippen LogP contribution < -0.4 is 0 Å². The van der Waals surface area contributed by atoms with Gasteiger partial charge in [0.1, 0.15) is 0 Å². The van der Waals surface area contributed by atoms with Gasteiger partial charge in [-0.2, -0.15) is 0 Å². The third-order valence-corrected chi connectivity index (χ3v) is 3.08. The summed E-state index contributed by atoms with van der Waals surface area (Å²) in [5.74, 6) is 0. The van der Waals surface area contributed by atoms with Crippen molar-refractivity contribution in [2.75, 3.05) is 0 Å². The summed E-state index contributed by atoms with van der Waals surface area (Å²) in [4.78, 5) is 0. The molecular formula is C16H25. The second-order valence-electron chi connectivity index (χ2n) is 6.61. The summed E-state index contributed by atoms with van der Waals surface area (Å²) in [5.41, 5.74) is 4.83. The maximum atomic E-state index is 3.32. The molecule has 0 unspecified atom stereocenters. The third kappa shape index (κ3) is 2.66. The van der Waals surface area contributed by atoms with Crippen molar-refractivity contribution in [2.24, 2.45) is 0 Å². The average molecular weight is 217 g/mol. The largest absolute Gasteiger partial charge is 0.0613 e. The molecule has 0 N–H and O–H groups in total. The predicted molar refractivity (Wildman–Crippen MR) is 72.1 cm³/mol. The molecule has 1 aromatic rings. The molecule has 1 radical (unpaired) electrons. The summed E-state index contributed by atoms with van der Waals surface area (Å²) in [5, 5.41) is 0. The number of benzene rings is 1. The van der Waals surface area contributed by atoms with Crippen LogP contribution in [-0.4, -0.2) is 0 Å². The van der Waals surface area contributed by atoms with Crippen molar-refractivity contribution in [3.05, 3.63) is 34.9 Å². The predicted octanol–water partition coefficient (Wildman–Crippen LogP) is 4.64. The standard InChI is InChI=1S/C16H25/c1-8-12-13(15(2,3)4)10-9-11-14(12)16(5,6)7/h10-11H,8H2,1-7H3. The lowest BCUT2D eigenvalue weighted by Crippen LogP contribution is -2.20. The van der Waals surface area contributed by atoms with Crippen LogP contribution in [-0.2, 0) is 17.3 Å². The summed E-state index contributed by atoms with van der Waals surface area (Å²) in [7, 11) is 0. The van der Waals surface area contributed by atoms with Gasteiger partial charge in [-0.05, 0) is 40.0 Å². The van der Waals surface area contributed by atoms with Gasteiger partial charge in [0.15, 0.2) is 0 Å². The van der Waals surface area contributed by atoms with Crippen molar-refractivity contribution in [1.82, 2.24) is 0 Å². The molecule has 1 aromatic carbocycles. The van der Waals surface area contributed by atoms with Crippen molar-refractivity contribution in [2.45, 2.75) is 65.7 Å². The van der Waals surface area contributed by atoms with Crippen LogP contribution in [0.15, 0.2) is 12.1 Å². The second kappa shape index (κ2) is 4.24. The van der Waals surface area contributed by atoms with E-state index < -0.39 is 0 Å². The van der Waals surface area contributed by atoms with Crippen molar-refractivity contribution >= 4 is 0 Å². The van der Waals surface area contributed by atoms with Crippen LogP contribution in [0.25, 0.3) is 0 Å². The fourth-order valence-electron chi connectivity index (χ4n) is 2.25. The van der Waals surface area contributed by atoms with E-state index in [1.807, 2.05) is 0 Å². The zero-order valence-corrected chi connectivity index (χ0v) is 11.9. The van der Waals surface area contributed by atoms with E-state index in [1.165, 1.54) is 16.7 Å². The highest BCUT2D eigenvalue weighted by Crippen LogP contribution is 2.33. The fourth-order valence-corrected chi connectivity index (χ4v) is 2.25. The quantitative estimate of drug-likeness (QED) is 0.642. The van der Waals surface area contributed by atoms with Crippen LogP contribution in [0.5, 0.6) is 0 Å². The molecule has 0 aromatic heterocycles. The molecule has 0 amide bonds. The molecule has 0 spiro atoms. The maximum Gasteiger partial charge on any atom is -0.0129 e. The minimum Gasteiger partial charge on any atom is -0.0613 e. The molecule has 0 fully saturated rings. The highest BCUT2D eigenvalue weighted by molar-refractivity contribution is 5.42. The number of hydrogen-bond donors (Lipinski definition) is 0. The molecule has 16 heavy (non-hydrogen) atoms. The molecule has 0 saturated carbocycles. The maximum absolute atomic E-state index is 3.32. The van der Waals surface area contributed by atoms with E-state index in [-0.39, 0.29) is 10.8 Å². The summed E-state index contributed by atoms with van der Waals surface area (Å²) in [6.45, 7) is 15.9. The molecule has 1 rings (SSSR count). The van der Waals surface area contributed by atoms with E-state index in [0.717, 1.165) is 6.42 Å². The van der Waals surface area contributed by atoms with Gasteiger partial charge in [-0.1, -0.05) is 60.6 Å². The van der Waals surface area contributed by atoms with Crippen molar-refractivity contribution in [1.29, 1.82) is 0 Å². The molecule has 0 atom stereocenters. The van der Waals surface area contributed by atoms with Crippen LogP contribution in [0.1, 0.15) is 65.2 Å². The Kier molecular flexibility index (Phi) is 3.52. The van der Waals surface area contributed by atoms with Gasteiger partial charge < -0.3 is 0 Å². The molecule has 0 saturated heterocycles. The first kappa shape index (κ1) is 13.3. The number of rotatable bonds is 1. The van der Waals surface area contributed by atoms with E-state index in [0.29, 0.717) is 0 Å². The minimum atomic E-state index is 0.211. The second-order valence-corrected chi connectivity index (χ2v) is 6.61.